The van der Waals surface area contributed by atoms with Crippen molar-refractivity contribution in [2.45, 2.75) is 43.6 Å². The van der Waals surface area contributed by atoms with E-state index in [1.807, 2.05) is 23.1 Å². The Kier molecular flexibility index (Phi) is 4.56. The van der Waals surface area contributed by atoms with Gasteiger partial charge in [0.05, 0.1) is 23.2 Å². The second-order valence-electron chi connectivity index (χ2n) is 8.23. The Labute approximate surface area is 175 Å². The zero-order valence-electron chi connectivity index (χ0n) is 16.7. The molecule has 3 heterocycles. The Morgan fingerprint density at radius 2 is 1.73 bits per heavy atom. The molecule has 6 nitrogen and oxygen atoms in total. The summed E-state index contributed by atoms with van der Waals surface area (Å²) in [4.78, 5) is 30.0. The lowest BCUT2D eigenvalue weighted by molar-refractivity contribution is -0.142. The minimum atomic E-state index is -0.830. The number of likely N-dealkylation sites (tertiary alicyclic amines) is 1. The van der Waals surface area contributed by atoms with Crippen molar-refractivity contribution in [2.24, 2.45) is 0 Å². The summed E-state index contributed by atoms with van der Waals surface area (Å²) in [6.07, 6.45) is 2.54. The van der Waals surface area contributed by atoms with Gasteiger partial charge in [0.1, 0.15) is 6.23 Å². The summed E-state index contributed by atoms with van der Waals surface area (Å²) in [7, 11) is 0. The van der Waals surface area contributed by atoms with E-state index in [4.69, 9.17) is 4.74 Å². The highest BCUT2D eigenvalue weighted by Crippen LogP contribution is 2.47. The Hall–Kier alpha value is -3.17. The quantitative estimate of drug-likeness (QED) is 0.774. The molecule has 2 aromatic carbocycles. The topological polar surface area (TPSA) is 73.6 Å². The molecule has 2 amide bonds. The van der Waals surface area contributed by atoms with Gasteiger partial charge >= 0.3 is 0 Å². The molecule has 0 aliphatic carbocycles. The Bertz CT molecular complexity index is 1020. The standard InChI is InChI=1S/C24H23N3O3/c25-16-18-8-4-5-9-19(18)22(28)26-14-12-24(13-15-26)23(29)27-20(10-11-21(27)30-24)17-6-2-1-3-7-17/h1-9,20-21H,10-15H2/t20-,21+/m0/s1. The second kappa shape index (κ2) is 7.26. The van der Waals surface area contributed by atoms with Crippen molar-refractivity contribution in [3.63, 3.8) is 0 Å². The summed E-state index contributed by atoms with van der Waals surface area (Å²) in [5.41, 5.74) is 1.11. The van der Waals surface area contributed by atoms with Gasteiger partial charge in [0.2, 0.25) is 0 Å². The molecule has 1 spiro atoms. The fraction of sp³-hybridized carbons (Fsp3) is 0.375. The van der Waals surface area contributed by atoms with Crippen molar-refractivity contribution in [3.8, 4) is 6.07 Å². The highest BCUT2D eigenvalue weighted by Gasteiger charge is 2.58. The van der Waals surface area contributed by atoms with Crippen LogP contribution in [-0.2, 0) is 9.53 Å². The average molecular weight is 401 g/mol. The summed E-state index contributed by atoms with van der Waals surface area (Å²) in [6.45, 7) is 0.891. The third kappa shape index (κ3) is 2.89. The zero-order valence-corrected chi connectivity index (χ0v) is 16.7. The Balaban J connectivity index is 1.31. The first-order chi connectivity index (χ1) is 14.6. The molecule has 2 aromatic rings. The van der Waals surface area contributed by atoms with Crippen LogP contribution in [0, 0.1) is 11.3 Å². The van der Waals surface area contributed by atoms with Crippen LogP contribution in [0.15, 0.2) is 54.6 Å². The summed E-state index contributed by atoms with van der Waals surface area (Å²) >= 11 is 0. The van der Waals surface area contributed by atoms with Crippen LogP contribution in [0.3, 0.4) is 0 Å². The van der Waals surface area contributed by atoms with E-state index in [0.29, 0.717) is 37.1 Å². The summed E-state index contributed by atoms with van der Waals surface area (Å²) in [5.74, 6) is -0.0986. The predicted octanol–water partition coefficient (Wildman–Crippen LogP) is 3.25. The minimum Gasteiger partial charge on any atom is -0.342 e. The van der Waals surface area contributed by atoms with E-state index in [9.17, 15) is 14.9 Å². The summed E-state index contributed by atoms with van der Waals surface area (Å²) < 4.78 is 6.34. The van der Waals surface area contributed by atoms with Crippen molar-refractivity contribution < 1.29 is 14.3 Å². The highest BCUT2D eigenvalue weighted by molar-refractivity contribution is 5.97. The van der Waals surface area contributed by atoms with Crippen molar-refractivity contribution >= 4 is 11.8 Å². The van der Waals surface area contributed by atoms with Gasteiger partial charge in [-0.15, -0.1) is 0 Å². The van der Waals surface area contributed by atoms with Gasteiger partial charge in [-0.2, -0.15) is 5.26 Å². The molecule has 3 aliphatic rings. The molecule has 0 N–H and O–H groups in total. The molecule has 5 rings (SSSR count). The van der Waals surface area contributed by atoms with Crippen LogP contribution in [0.1, 0.15) is 53.2 Å². The number of carbonyl (C=O) groups excluding carboxylic acids is 2. The fourth-order valence-electron chi connectivity index (χ4n) is 5.06. The van der Waals surface area contributed by atoms with Crippen LogP contribution in [-0.4, -0.2) is 46.5 Å². The van der Waals surface area contributed by atoms with Gasteiger partial charge in [-0.3, -0.25) is 9.59 Å². The fourth-order valence-corrected chi connectivity index (χ4v) is 5.06. The second-order valence-corrected chi connectivity index (χ2v) is 8.23. The van der Waals surface area contributed by atoms with Gasteiger partial charge in [0.15, 0.2) is 5.60 Å². The maximum Gasteiger partial charge on any atom is 0.257 e. The first-order valence-electron chi connectivity index (χ1n) is 10.5. The SMILES string of the molecule is N#Cc1ccccc1C(=O)N1CCC2(CC1)O[C@@H]1CC[C@@H](c3ccccc3)N1C2=O. The number of hydrogen-bond donors (Lipinski definition) is 0. The normalized spacial score (nSPS) is 24.7. The van der Waals surface area contributed by atoms with Gasteiger partial charge in [-0.25, -0.2) is 0 Å². The van der Waals surface area contributed by atoms with Crippen molar-refractivity contribution in [1.29, 1.82) is 5.26 Å². The van der Waals surface area contributed by atoms with E-state index in [1.165, 1.54) is 0 Å². The molecule has 0 unspecified atom stereocenters. The zero-order chi connectivity index (χ0) is 20.7. The van der Waals surface area contributed by atoms with Crippen LogP contribution < -0.4 is 0 Å². The third-order valence-corrected chi connectivity index (χ3v) is 6.64. The van der Waals surface area contributed by atoms with Gasteiger partial charge < -0.3 is 14.5 Å². The van der Waals surface area contributed by atoms with Crippen LogP contribution in [0.5, 0.6) is 0 Å². The van der Waals surface area contributed by atoms with Gasteiger partial charge in [-0.05, 0) is 30.5 Å². The summed E-state index contributed by atoms with van der Waals surface area (Å²) in [5, 5.41) is 9.29. The predicted molar refractivity (Wildman–Crippen MR) is 109 cm³/mol. The van der Waals surface area contributed by atoms with Gasteiger partial charge in [0.25, 0.3) is 11.8 Å². The minimum absolute atomic E-state index is 0.0587. The van der Waals surface area contributed by atoms with Gasteiger partial charge in [-0.1, -0.05) is 42.5 Å². The number of hydrogen-bond acceptors (Lipinski definition) is 4. The van der Waals surface area contributed by atoms with E-state index >= 15 is 0 Å². The van der Waals surface area contributed by atoms with E-state index < -0.39 is 5.60 Å². The van der Waals surface area contributed by atoms with E-state index in [1.54, 1.807) is 29.2 Å². The van der Waals surface area contributed by atoms with Crippen molar-refractivity contribution in [1.82, 2.24) is 9.80 Å². The lowest BCUT2D eigenvalue weighted by Gasteiger charge is -2.37. The van der Waals surface area contributed by atoms with E-state index in [2.05, 4.69) is 18.2 Å². The number of benzene rings is 2. The maximum absolute atomic E-state index is 13.4. The van der Waals surface area contributed by atoms with Crippen LogP contribution in [0.4, 0.5) is 0 Å². The maximum atomic E-state index is 13.4. The molecule has 3 aliphatic heterocycles. The van der Waals surface area contributed by atoms with Crippen LogP contribution >= 0.6 is 0 Å². The molecule has 6 heteroatoms. The number of nitrogens with zero attached hydrogens (tertiary/aromatic N) is 3. The Morgan fingerprint density at radius 1 is 1.03 bits per heavy atom. The molecular formula is C24H23N3O3. The first-order valence-corrected chi connectivity index (χ1v) is 10.5. The molecule has 0 aromatic heterocycles. The molecule has 3 saturated heterocycles. The number of ether oxygens (including phenoxy) is 1. The van der Waals surface area contributed by atoms with E-state index in [0.717, 1.165) is 18.4 Å². The molecule has 3 fully saturated rings. The molecule has 0 radical (unpaired) electrons. The lowest BCUT2D eigenvalue weighted by atomic mass is 9.89. The van der Waals surface area contributed by atoms with Crippen LogP contribution in [0.25, 0.3) is 0 Å². The van der Waals surface area contributed by atoms with Crippen LogP contribution in [0.2, 0.25) is 0 Å². The number of carbonyl (C=O) groups is 2. The third-order valence-electron chi connectivity index (χ3n) is 6.64. The number of nitriles is 1. The molecular weight excluding hydrogens is 378 g/mol. The highest BCUT2D eigenvalue weighted by atomic mass is 16.6. The number of piperidine rings is 1. The molecule has 0 bridgehead atoms. The van der Waals surface area contributed by atoms with E-state index in [-0.39, 0.29) is 24.1 Å². The molecule has 2 atom stereocenters. The average Bonchev–Trinajstić information content (AvgIpc) is 3.32. The molecule has 0 saturated carbocycles. The van der Waals surface area contributed by atoms with Crippen molar-refractivity contribution in [3.05, 3.63) is 71.3 Å². The monoisotopic (exact) mass is 401 g/mol. The number of amides is 2. The van der Waals surface area contributed by atoms with Crippen molar-refractivity contribution in [2.75, 3.05) is 13.1 Å². The molecule has 152 valence electrons. The lowest BCUT2D eigenvalue weighted by Crippen LogP contribution is -2.51. The summed E-state index contributed by atoms with van der Waals surface area (Å²) in [6, 6.07) is 19.1. The smallest absolute Gasteiger partial charge is 0.257 e. The Morgan fingerprint density at radius 3 is 2.47 bits per heavy atom. The first kappa shape index (κ1) is 18.8. The number of fused-ring (bicyclic) bond motifs is 1. The largest absolute Gasteiger partial charge is 0.342 e. The van der Waals surface area contributed by atoms with Gasteiger partial charge in [0, 0.05) is 25.9 Å². The number of rotatable bonds is 2. The molecule has 30 heavy (non-hydrogen) atoms.